The number of hydrogen-bond donors (Lipinski definition) is 1. The van der Waals surface area contributed by atoms with Crippen molar-refractivity contribution in [2.24, 2.45) is 0 Å². The number of nitrogens with one attached hydrogen (secondary N) is 1. The summed E-state index contributed by atoms with van der Waals surface area (Å²) in [5, 5.41) is 8.96. The van der Waals surface area contributed by atoms with E-state index in [-0.39, 0.29) is 5.91 Å². The summed E-state index contributed by atoms with van der Waals surface area (Å²) in [6, 6.07) is 15.7. The lowest BCUT2D eigenvalue weighted by atomic mass is 10.1. The van der Waals surface area contributed by atoms with Gasteiger partial charge in [0.05, 0.1) is 16.3 Å². The fraction of sp³-hybridized carbons (Fsp3) is 0.0526. The first-order valence-electron chi connectivity index (χ1n) is 7.51. The van der Waals surface area contributed by atoms with Crippen molar-refractivity contribution < 1.29 is 4.79 Å². The van der Waals surface area contributed by atoms with E-state index >= 15 is 0 Å². The average molecular weight is 350 g/mol. The third kappa shape index (κ3) is 2.84. The van der Waals surface area contributed by atoms with Crippen LogP contribution in [-0.2, 0) is 0 Å². The third-order valence-corrected chi connectivity index (χ3v) is 5.50. The summed E-state index contributed by atoms with van der Waals surface area (Å²) in [6.45, 7) is 1.99. The number of anilines is 1. The zero-order valence-electron chi connectivity index (χ0n) is 12.9. The molecule has 2 aromatic heterocycles. The molecule has 0 aliphatic rings. The topological polar surface area (TPSA) is 42.0 Å². The molecule has 0 bridgehead atoms. The molecule has 4 rings (SSSR count). The molecule has 4 aromatic rings. The summed E-state index contributed by atoms with van der Waals surface area (Å²) in [5.74, 6) is -0.0842. The first-order chi connectivity index (χ1) is 11.7. The molecule has 0 fully saturated rings. The second-order valence-electron chi connectivity index (χ2n) is 5.43. The zero-order chi connectivity index (χ0) is 16.5. The highest BCUT2D eigenvalue weighted by molar-refractivity contribution is 7.17. The van der Waals surface area contributed by atoms with Crippen LogP contribution in [-0.4, -0.2) is 10.9 Å². The van der Waals surface area contributed by atoms with Crippen LogP contribution in [0.2, 0.25) is 0 Å². The van der Waals surface area contributed by atoms with E-state index in [1.807, 2.05) is 66.2 Å². The number of nitrogens with zero attached hydrogens (tertiary/aromatic N) is 1. The summed E-state index contributed by atoms with van der Waals surface area (Å²) >= 11 is 3.21. The second-order valence-corrected chi connectivity index (χ2v) is 7.41. The molecule has 0 saturated heterocycles. The van der Waals surface area contributed by atoms with Crippen LogP contribution in [0.5, 0.6) is 0 Å². The minimum atomic E-state index is -0.0842. The molecule has 0 unspecified atom stereocenters. The molecule has 3 nitrogen and oxygen atoms in total. The highest BCUT2D eigenvalue weighted by Crippen LogP contribution is 2.28. The lowest BCUT2D eigenvalue weighted by Crippen LogP contribution is -2.11. The Bertz CT molecular complexity index is 1030. The van der Waals surface area contributed by atoms with Crippen LogP contribution in [0.4, 0.5) is 5.69 Å². The Hall–Kier alpha value is -2.50. The first-order valence-corrected chi connectivity index (χ1v) is 9.27. The van der Waals surface area contributed by atoms with Gasteiger partial charge in [-0.1, -0.05) is 30.3 Å². The minimum absolute atomic E-state index is 0.0842. The minimum Gasteiger partial charge on any atom is -0.322 e. The molecule has 5 heteroatoms. The van der Waals surface area contributed by atoms with Crippen molar-refractivity contribution >= 4 is 44.4 Å². The maximum atomic E-state index is 12.6. The van der Waals surface area contributed by atoms with E-state index in [9.17, 15) is 4.79 Å². The van der Waals surface area contributed by atoms with Crippen molar-refractivity contribution in [2.45, 2.75) is 6.92 Å². The van der Waals surface area contributed by atoms with Gasteiger partial charge in [-0.25, -0.2) is 4.98 Å². The summed E-state index contributed by atoms with van der Waals surface area (Å²) < 4.78 is 1.12. The van der Waals surface area contributed by atoms with Crippen molar-refractivity contribution in [1.82, 2.24) is 4.98 Å². The van der Waals surface area contributed by atoms with Crippen molar-refractivity contribution in [3.05, 3.63) is 69.9 Å². The van der Waals surface area contributed by atoms with Gasteiger partial charge in [0, 0.05) is 32.1 Å². The Labute approximate surface area is 147 Å². The van der Waals surface area contributed by atoms with E-state index in [1.165, 1.54) is 0 Å². The standard InChI is InChI=1S/C19H14N2OS2/c1-12-20-17(11-23-12)13-5-4-6-14(9-13)21-19(22)16-10-24-18-8-3-2-7-15(16)18/h2-11H,1H3,(H,21,22). The number of rotatable bonds is 3. The fourth-order valence-corrected chi connectivity index (χ4v) is 4.17. The first kappa shape index (κ1) is 15.1. The molecule has 118 valence electrons. The molecule has 0 saturated carbocycles. The van der Waals surface area contributed by atoms with Crippen LogP contribution in [0.3, 0.4) is 0 Å². The number of carbonyl (C=O) groups is 1. The maximum Gasteiger partial charge on any atom is 0.257 e. The summed E-state index contributed by atoms with van der Waals surface area (Å²) in [7, 11) is 0. The van der Waals surface area contributed by atoms with Crippen LogP contribution in [0, 0.1) is 6.92 Å². The lowest BCUT2D eigenvalue weighted by Gasteiger charge is -2.06. The molecule has 0 atom stereocenters. The maximum absolute atomic E-state index is 12.6. The molecule has 0 spiro atoms. The Balaban J connectivity index is 1.62. The van der Waals surface area contributed by atoms with Crippen molar-refractivity contribution in [2.75, 3.05) is 5.32 Å². The number of aromatic nitrogens is 1. The Morgan fingerprint density at radius 1 is 1.04 bits per heavy atom. The Kier molecular flexibility index (Phi) is 3.88. The van der Waals surface area contributed by atoms with Crippen LogP contribution < -0.4 is 5.32 Å². The van der Waals surface area contributed by atoms with E-state index in [4.69, 9.17) is 0 Å². The Morgan fingerprint density at radius 3 is 2.75 bits per heavy atom. The van der Waals surface area contributed by atoms with E-state index < -0.39 is 0 Å². The number of amides is 1. The zero-order valence-corrected chi connectivity index (χ0v) is 14.6. The van der Waals surface area contributed by atoms with E-state index in [1.54, 1.807) is 22.7 Å². The molecular formula is C19H14N2OS2. The van der Waals surface area contributed by atoms with Gasteiger partial charge < -0.3 is 5.32 Å². The summed E-state index contributed by atoms with van der Waals surface area (Å²) in [4.78, 5) is 17.1. The predicted octanol–water partition coefficient (Wildman–Crippen LogP) is 5.59. The molecular weight excluding hydrogens is 336 g/mol. The van der Waals surface area contributed by atoms with Gasteiger partial charge in [0.25, 0.3) is 5.91 Å². The SMILES string of the molecule is Cc1nc(-c2cccc(NC(=O)c3csc4ccccc34)c2)cs1. The normalized spacial score (nSPS) is 10.9. The highest BCUT2D eigenvalue weighted by atomic mass is 32.1. The van der Waals surface area contributed by atoms with Crippen molar-refractivity contribution in [3.63, 3.8) is 0 Å². The number of benzene rings is 2. The van der Waals surface area contributed by atoms with Crippen LogP contribution in [0.25, 0.3) is 21.3 Å². The molecule has 0 aliphatic heterocycles. The average Bonchev–Trinajstić information content (AvgIpc) is 3.21. The molecule has 2 aromatic carbocycles. The van der Waals surface area contributed by atoms with Gasteiger partial charge in [0.2, 0.25) is 0 Å². The smallest absolute Gasteiger partial charge is 0.257 e. The molecule has 1 N–H and O–H groups in total. The number of thiazole rings is 1. The Morgan fingerprint density at radius 2 is 1.92 bits per heavy atom. The lowest BCUT2D eigenvalue weighted by molar-refractivity contribution is 0.102. The van der Waals surface area contributed by atoms with E-state index in [0.717, 1.165) is 32.0 Å². The van der Waals surface area contributed by atoms with Crippen LogP contribution in [0.1, 0.15) is 15.4 Å². The monoisotopic (exact) mass is 350 g/mol. The number of thiophene rings is 1. The molecule has 24 heavy (non-hydrogen) atoms. The number of carbonyl (C=O) groups excluding carboxylic acids is 1. The quantitative estimate of drug-likeness (QED) is 0.523. The van der Waals surface area contributed by atoms with E-state index in [2.05, 4.69) is 10.3 Å². The molecule has 2 heterocycles. The van der Waals surface area contributed by atoms with Crippen LogP contribution in [0.15, 0.2) is 59.3 Å². The fourth-order valence-electron chi connectivity index (χ4n) is 2.60. The second kappa shape index (κ2) is 6.19. The number of fused-ring (bicyclic) bond motifs is 1. The third-order valence-electron chi connectivity index (χ3n) is 3.76. The highest BCUT2D eigenvalue weighted by Gasteiger charge is 2.12. The van der Waals surface area contributed by atoms with E-state index in [0.29, 0.717) is 5.56 Å². The number of hydrogen-bond acceptors (Lipinski definition) is 4. The van der Waals surface area contributed by atoms with Crippen LogP contribution >= 0.6 is 22.7 Å². The van der Waals surface area contributed by atoms with Crippen molar-refractivity contribution in [1.29, 1.82) is 0 Å². The molecule has 1 amide bonds. The van der Waals surface area contributed by atoms with Gasteiger partial charge >= 0.3 is 0 Å². The molecule has 0 radical (unpaired) electrons. The van der Waals surface area contributed by atoms with Gasteiger partial charge in [-0.2, -0.15) is 0 Å². The molecule has 0 aliphatic carbocycles. The predicted molar refractivity (Wildman–Crippen MR) is 102 cm³/mol. The van der Waals surface area contributed by atoms with Gasteiger partial charge in [0.1, 0.15) is 0 Å². The van der Waals surface area contributed by atoms with Gasteiger partial charge in [-0.05, 0) is 25.1 Å². The van der Waals surface area contributed by atoms with Crippen molar-refractivity contribution in [3.8, 4) is 11.3 Å². The summed E-state index contributed by atoms with van der Waals surface area (Å²) in [6.07, 6.45) is 0. The van der Waals surface area contributed by atoms with Gasteiger partial charge in [0.15, 0.2) is 0 Å². The largest absolute Gasteiger partial charge is 0.322 e. The van der Waals surface area contributed by atoms with Gasteiger partial charge in [-0.3, -0.25) is 4.79 Å². The summed E-state index contributed by atoms with van der Waals surface area (Å²) in [5.41, 5.74) is 3.44. The number of aryl methyl sites for hydroxylation is 1. The van der Waals surface area contributed by atoms with Gasteiger partial charge in [-0.15, -0.1) is 22.7 Å².